The molecule has 0 atom stereocenters. The Morgan fingerprint density at radius 1 is 1.00 bits per heavy atom. The number of esters is 1. The maximum atomic E-state index is 12.2. The smallest absolute Gasteiger partial charge is 0.356 e. The van der Waals surface area contributed by atoms with Crippen molar-refractivity contribution < 1.29 is 28.5 Å². The quantitative estimate of drug-likeness (QED) is 0.464. The lowest BCUT2D eigenvalue weighted by Gasteiger charge is -2.14. The van der Waals surface area contributed by atoms with E-state index in [-0.39, 0.29) is 5.69 Å². The minimum absolute atomic E-state index is 0.138. The molecule has 0 saturated heterocycles. The number of nitrogens with one attached hydrogen (secondary N) is 2. The number of ether oxygens (including phenoxy) is 4. The summed E-state index contributed by atoms with van der Waals surface area (Å²) >= 11 is 3.37. The molecule has 162 valence electrons. The van der Waals surface area contributed by atoms with Crippen molar-refractivity contribution in [1.82, 2.24) is 10.2 Å². The summed E-state index contributed by atoms with van der Waals surface area (Å²) in [6.07, 6.45) is 0. The summed E-state index contributed by atoms with van der Waals surface area (Å²) in [5, 5.41) is 9.35. The molecule has 0 aliphatic rings. The first-order valence-electron chi connectivity index (χ1n) is 9.03. The molecule has 0 unspecified atom stereocenters. The number of carbonyl (C=O) groups excluding carboxylic acids is 2. The maximum absolute atomic E-state index is 12.2. The minimum atomic E-state index is -0.698. The molecule has 0 aliphatic carbocycles. The Hall–Kier alpha value is -3.53. The molecule has 0 fully saturated rings. The number of hydrogen-bond donors (Lipinski definition) is 2. The van der Waals surface area contributed by atoms with Gasteiger partial charge in [0.25, 0.3) is 5.91 Å². The fraction of sp³-hybridized carbons (Fsp3) is 0.190. The molecular formula is C21H20BrN3O6. The number of H-pyrrole nitrogens is 1. The number of nitrogens with zero attached hydrogens (tertiary/aromatic N) is 1. The van der Waals surface area contributed by atoms with Crippen LogP contribution in [0.3, 0.4) is 0 Å². The number of methoxy groups -OCH3 is 3. The van der Waals surface area contributed by atoms with E-state index in [4.69, 9.17) is 18.9 Å². The van der Waals surface area contributed by atoms with Crippen LogP contribution in [0, 0.1) is 0 Å². The van der Waals surface area contributed by atoms with Crippen molar-refractivity contribution in [2.24, 2.45) is 0 Å². The van der Waals surface area contributed by atoms with Gasteiger partial charge in [0, 0.05) is 27.9 Å². The zero-order valence-corrected chi connectivity index (χ0v) is 18.6. The summed E-state index contributed by atoms with van der Waals surface area (Å²) in [4.78, 5) is 24.5. The van der Waals surface area contributed by atoms with Gasteiger partial charge in [0.2, 0.25) is 5.75 Å². The molecule has 9 nitrogen and oxygen atoms in total. The van der Waals surface area contributed by atoms with Crippen LogP contribution in [-0.2, 0) is 9.53 Å². The topological polar surface area (TPSA) is 112 Å². The predicted molar refractivity (Wildman–Crippen MR) is 117 cm³/mol. The summed E-state index contributed by atoms with van der Waals surface area (Å²) in [5.41, 5.74) is 1.95. The van der Waals surface area contributed by atoms with Gasteiger partial charge in [-0.15, -0.1) is 0 Å². The van der Waals surface area contributed by atoms with Crippen molar-refractivity contribution >= 4 is 33.5 Å². The predicted octanol–water partition coefficient (Wildman–Crippen LogP) is 3.66. The van der Waals surface area contributed by atoms with Crippen LogP contribution < -0.4 is 19.5 Å². The van der Waals surface area contributed by atoms with Gasteiger partial charge in [0.15, 0.2) is 18.1 Å². The van der Waals surface area contributed by atoms with E-state index in [0.717, 1.165) is 10.0 Å². The number of amides is 1. The van der Waals surface area contributed by atoms with E-state index in [0.29, 0.717) is 28.6 Å². The van der Waals surface area contributed by atoms with Crippen molar-refractivity contribution in [2.45, 2.75) is 0 Å². The van der Waals surface area contributed by atoms with Crippen LogP contribution in [0.2, 0.25) is 0 Å². The lowest BCUT2D eigenvalue weighted by atomic mass is 10.1. The molecule has 0 saturated carbocycles. The highest BCUT2D eigenvalue weighted by Gasteiger charge is 2.17. The summed E-state index contributed by atoms with van der Waals surface area (Å²) < 4.78 is 21.7. The Kier molecular flexibility index (Phi) is 7.14. The standard InChI is InChI=1S/C21H20BrN3O6/c1-28-17-8-14(9-18(29-2)20(17)30-3)23-19(26)11-31-21(27)16-10-15(24-25-16)12-4-6-13(22)7-5-12/h4-10H,11H2,1-3H3,(H,23,26)(H,24,25). The molecule has 1 aromatic heterocycles. The Morgan fingerprint density at radius 3 is 2.23 bits per heavy atom. The third kappa shape index (κ3) is 5.34. The monoisotopic (exact) mass is 489 g/mol. The summed E-state index contributed by atoms with van der Waals surface area (Å²) in [6.45, 7) is -0.484. The average Bonchev–Trinajstić information content (AvgIpc) is 3.27. The normalized spacial score (nSPS) is 10.3. The van der Waals surface area contributed by atoms with Crippen LogP contribution in [0.4, 0.5) is 5.69 Å². The van der Waals surface area contributed by atoms with Gasteiger partial charge in [-0.3, -0.25) is 9.89 Å². The Morgan fingerprint density at radius 2 is 1.65 bits per heavy atom. The van der Waals surface area contributed by atoms with Crippen LogP contribution in [0.25, 0.3) is 11.3 Å². The highest BCUT2D eigenvalue weighted by atomic mass is 79.9. The van der Waals surface area contributed by atoms with E-state index >= 15 is 0 Å². The van der Waals surface area contributed by atoms with Gasteiger partial charge in [-0.25, -0.2) is 4.79 Å². The van der Waals surface area contributed by atoms with E-state index in [9.17, 15) is 9.59 Å². The zero-order chi connectivity index (χ0) is 22.4. The number of aromatic nitrogens is 2. The first-order chi connectivity index (χ1) is 14.9. The molecule has 0 spiro atoms. The second-order valence-corrected chi connectivity index (χ2v) is 7.13. The fourth-order valence-electron chi connectivity index (χ4n) is 2.75. The number of halogens is 1. The number of anilines is 1. The molecule has 1 amide bonds. The highest BCUT2D eigenvalue weighted by molar-refractivity contribution is 9.10. The Bertz CT molecular complexity index is 1060. The van der Waals surface area contributed by atoms with E-state index < -0.39 is 18.5 Å². The summed E-state index contributed by atoms with van der Waals surface area (Å²) in [6, 6.07) is 12.2. The van der Waals surface area contributed by atoms with Gasteiger partial charge in [-0.2, -0.15) is 5.10 Å². The molecule has 1 heterocycles. The highest BCUT2D eigenvalue weighted by Crippen LogP contribution is 2.39. The van der Waals surface area contributed by atoms with Crippen molar-refractivity contribution in [1.29, 1.82) is 0 Å². The minimum Gasteiger partial charge on any atom is -0.493 e. The first-order valence-corrected chi connectivity index (χ1v) is 9.82. The molecule has 2 aromatic carbocycles. The van der Waals surface area contributed by atoms with E-state index in [1.807, 2.05) is 24.3 Å². The molecule has 0 aliphatic heterocycles. The second-order valence-electron chi connectivity index (χ2n) is 6.21. The number of hydrogen-bond acceptors (Lipinski definition) is 7. The van der Waals surface area contributed by atoms with Crippen LogP contribution in [0.5, 0.6) is 17.2 Å². The second kappa shape index (κ2) is 9.98. The van der Waals surface area contributed by atoms with Crippen molar-refractivity contribution in [3.8, 4) is 28.5 Å². The lowest BCUT2D eigenvalue weighted by molar-refractivity contribution is -0.119. The average molecular weight is 490 g/mol. The summed E-state index contributed by atoms with van der Waals surface area (Å²) in [7, 11) is 4.42. The summed E-state index contributed by atoms with van der Waals surface area (Å²) in [5.74, 6) is -0.0689. The van der Waals surface area contributed by atoms with E-state index in [1.165, 1.54) is 21.3 Å². The third-order valence-electron chi connectivity index (χ3n) is 4.22. The first kappa shape index (κ1) is 22.2. The van der Waals surface area contributed by atoms with Gasteiger partial charge in [-0.1, -0.05) is 28.1 Å². The van der Waals surface area contributed by atoms with Crippen molar-refractivity contribution in [3.05, 3.63) is 52.6 Å². The number of benzene rings is 2. The van der Waals surface area contributed by atoms with Crippen molar-refractivity contribution in [3.63, 3.8) is 0 Å². The van der Waals surface area contributed by atoms with Crippen LogP contribution >= 0.6 is 15.9 Å². The molecule has 0 radical (unpaired) electrons. The molecule has 2 N–H and O–H groups in total. The van der Waals surface area contributed by atoms with E-state index in [2.05, 4.69) is 31.4 Å². The number of aromatic amines is 1. The molecule has 3 rings (SSSR count). The van der Waals surface area contributed by atoms with Gasteiger partial charge in [0.05, 0.1) is 27.0 Å². The molecular weight excluding hydrogens is 470 g/mol. The van der Waals surface area contributed by atoms with Crippen LogP contribution in [-0.4, -0.2) is 50.0 Å². The van der Waals surface area contributed by atoms with Crippen LogP contribution in [0.15, 0.2) is 46.9 Å². The van der Waals surface area contributed by atoms with Gasteiger partial charge in [-0.05, 0) is 18.2 Å². The molecule has 0 bridgehead atoms. The molecule has 10 heteroatoms. The van der Waals surface area contributed by atoms with Gasteiger partial charge >= 0.3 is 5.97 Å². The van der Waals surface area contributed by atoms with Crippen molar-refractivity contribution in [2.75, 3.05) is 33.3 Å². The Labute approximate surface area is 186 Å². The SMILES string of the molecule is COc1cc(NC(=O)COC(=O)c2cc(-c3ccc(Br)cc3)n[nH]2)cc(OC)c1OC. The largest absolute Gasteiger partial charge is 0.493 e. The van der Waals surface area contributed by atoms with E-state index in [1.54, 1.807) is 18.2 Å². The van der Waals surface area contributed by atoms with Crippen LogP contribution in [0.1, 0.15) is 10.5 Å². The molecule has 31 heavy (non-hydrogen) atoms. The lowest BCUT2D eigenvalue weighted by Crippen LogP contribution is -2.21. The fourth-order valence-corrected chi connectivity index (χ4v) is 3.02. The number of carbonyl (C=O) groups is 2. The van der Waals surface area contributed by atoms with Gasteiger partial charge < -0.3 is 24.3 Å². The van der Waals surface area contributed by atoms with Gasteiger partial charge in [0.1, 0.15) is 5.69 Å². The Balaban J connectivity index is 1.61. The molecule has 3 aromatic rings. The zero-order valence-electron chi connectivity index (χ0n) is 17.0. The number of rotatable bonds is 8. The maximum Gasteiger partial charge on any atom is 0.356 e. The third-order valence-corrected chi connectivity index (χ3v) is 4.75.